The quantitative estimate of drug-likeness (QED) is 0.812. The van der Waals surface area contributed by atoms with E-state index in [0.717, 1.165) is 51.6 Å². The molecule has 8 heteroatoms. The number of nitrogens with one attached hydrogen (secondary N) is 1. The van der Waals surface area contributed by atoms with Gasteiger partial charge in [0.05, 0.1) is 16.7 Å². The zero-order chi connectivity index (χ0) is 18.7. The molecule has 1 aliphatic heterocycles. The van der Waals surface area contributed by atoms with Crippen LogP contribution in [-0.2, 0) is 9.84 Å². The minimum absolute atomic E-state index is 0.0287. The molecule has 2 unspecified atom stereocenters. The Kier molecular flexibility index (Phi) is 6.14. The zero-order valence-electron chi connectivity index (χ0n) is 14.7. The summed E-state index contributed by atoms with van der Waals surface area (Å²) in [5, 5.41) is 13.3. The van der Waals surface area contributed by atoms with E-state index in [-0.39, 0.29) is 28.8 Å². The van der Waals surface area contributed by atoms with Crippen LogP contribution in [0.2, 0.25) is 0 Å². The van der Waals surface area contributed by atoms with Crippen LogP contribution >= 0.6 is 0 Å². The smallest absolute Gasteiger partial charge is 0.341 e. The highest BCUT2D eigenvalue weighted by Crippen LogP contribution is 2.30. The second-order valence-electron chi connectivity index (χ2n) is 7.18. The molecule has 1 aromatic carbocycles. The van der Waals surface area contributed by atoms with E-state index in [1.54, 1.807) is 6.07 Å². The zero-order valence-corrected chi connectivity index (χ0v) is 15.5. The van der Waals surface area contributed by atoms with E-state index in [1.165, 1.54) is 18.2 Å². The topological polar surface area (TPSA) is 69.6 Å². The molecule has 26 heavy (non-hydrogen) atoms. The van der Waals surface area contributed by atoms with E-state index < -0.39 is 15.6 Å². The van der Waals surface area contributed by atoms with Gasteiger partial charge in [0.25, 0.3) is 0 Å². The van der Waals surface area contributed by atoms with E-state index >= 15 is 0 Å². The lowest BCUT2D eigenvalue weighted by Gasteiger charge is -2.41. The number of benzene rings is 1. The van der Waals surface area contributed by atoms with Crippen LogP contribution in [0.4, 0.5) is 14.5 Å². The van der Waals surface area contributed by atoms with Crippen LogP contribution in [0.15, 0.2) is 29.2 Å². The number of alkyl halides is 2. The third-order valence-electron chi connectivity index (χ3n) is 5.48. The van der Waals surface area contributed by atoms with Crippen molar-refractivity contribution in [2.75, 3.05) is 18.4 Å². The standard InChI is InChI=1S/C18H26F2N2O3S/c19-18(20)26(24,25)17-8-4-1-5-14(17)21-13-9-11-22(12-10-13)15-6-2-3-7-16(15)23/h1,4-5,8,13,15-16,18,21,23H,2-3,6-7,9-12H2. The van der Waals surface area contributed by atoms with Crippen molar-refractivity contribution in [3.8, 4) is 0 Å². The molecule has 2 N–H and O–H groups in total. The average molecular weight is 388 g/mol. The number of rotatable bonds is 5. The summed E-state index contributed by atoms with van der Waals surface area (Å²) in [6.07, 6.45) is 5.36. The number of halogens is 2. The molecule has 0 bridgehead atoms. The lowest BCUT2D eigenvalue weighted by Crippen LogP contribution is -2.50. The molecule has 0 radical (unpaired) electrons. The number of aliphatic hydroxyl groups is 1. The molecule has 0 aromatic heterocycles. The predicted molar refractivity (Wildman–Crippen MR) is 96.1 cm³/mol. The largest absolute Gasteiger partial charge is 0.391 e. The van der Waals surface area contributed by atoms with Crippen molar-refractivity contribution in [3.63, 3.8) is 0 Å². The van der Waals surface area contributed by atoms with Crippen LogP contribution in [0.3, 0.4) is 0 Å². The van der Waals surface area contributed by atoms with Crippen LogP contribution < -0.4 is 5.32 Å². The van der Waals surface area contributed by atoms with Crippen molar-refractivity contribution in [2.45, 2.75) is 67.4 Å². The first-order chi connectivity index (χ1) is 12.4. The van der Waals surface area contributed by atoms with Gasteiger partial charge in [-0.3, -0.25) is 4.90 Å². The van der Waals surface area contributed by atoms with E-state index in [2.05, 4.69) is 10.2 Å². The Morgan fingerprint density at radius 2 is 1.73 bits per heavy atom. The highest BCUT2D eigenvalue weighted by Gasteiger charge is 2.33. The van der Waals surface area contributed by atoms with Crippen LogP contribution in [0.1, 0.15) is 38.5 Å². The molecule has 146 valence electrons. The fourth-order valence-electron chi connectivity index (χ4n) is 4.04. The number of piperidine rings is 1. The fourth-order valence-corrected chi connectivity index (χ4v) is 4.94. The minimum atomic E-state index is -4.63. The van der Waals surface area contributed by atoms with E-state index in [1.807, 2.05) is 0 Å². The Hall–Kier alpha value is -1.25. The van der Waals surface area contributed by atoms with Gasteiger partial charge in [0.1, 0.15) is 0 Å². The van der Waals surface area contributed by atoms with E-state index in [4.69, 9.17) is 0 Å². The molecule has 1 heterocycles. The normalized spacial score (nSPS) is 26.2. The van der Waals surface area contributed by atoms with E-state index in [0.29, 0.717) is 0 Å². The van der Waals surface area contributed by atoms with Gasteiger partial charge in [0.2, 0.25) is 9.84 Å². The summed E-state index contributed by atoms with van der Waals surface area (Å²) in [4.78, 5) is 1.96. The lowest BCUT2D eigenvalue weighted by molar-refractivity contribution is 0.00993. The van der Waals surface area contributed by atoms with Gasteiger partial charge in [0, 0.05) is 25.2 Å². The third-order valence-corrected chi connectivity index (χ3v) is 6.92. The molecule has 0 amide bonds. The number of anilines is 1. The molecule has 2 atom stereocenters. The number of hydrogen-bond donors (Lipinski definition) is 2. The Balaban J connectivity index is 1.64. The lowest BCUT2D eigenvalue weighted by atomic mass is 9.89. The van der Waals surface area contributed by atoms with Gasteiger partial charge >= 0.3 is 5.76 Å². The first kappa shape index (κ1) is 19.5. The summed E-state index contributed by atoms with van der Waals surface area (Å²) < 4.78 is 49.5. The van der Waals surface area contributed by atoms with Gasteiger partial charge in [-0.15, -0.1) is 0 Å². The molecule has 1 saturated heterocycles. The van der Waals surface area contributed by atoms with Crippen molar-refractivity contribution in [1.82, 2.24) is 4.90 Å². The molecular weight excluding hydrogens is 362 g/mol. The van der Waals surface area contributed by atoms with Crippen molar-refractivity contribution in [3.05, 3.63) is 24.3 Å². The third kappa shape index (κ3) is 4.18. The second kappa shape index (κ2) is 8.19. The average Bonchev–Trinajstić information content (AvgIpc) is 2.63. The predicted octanol–water partition coefficient (Wildman–Crippen LogP) is 2.86. The number of hydrogen-bond acceptors (Lipinski definition) is 5. The first-order valence-corrected chi connectivity index (χ1v) is 10.7. The summed E-state index contributed by atoms with van der Waals surface area (Å²) >= 11 is 0. The van der Waals surface area contributed by atoms with Crippen molar-refractivity contribution < 1.29 is 22.3 Å². The van der Waals surface area contributed by atoms with Gasteiger partial charge in [0.15, 0.2) is 0 Å². The van der Waals surface area contributed by atoms with E-state index in [9.17, 15) is 22.3 Å². The number of nitrogens with zero attached hydrogens (tertiary/aromatic N) is 1. The maximum absolute atomic E-state index is 12.9. The monoisotopic (exact) mass is 388 g/mol. The summed E-state index contributed by atoms with van der Waals surface area (Å²) in [5.41, 5.74) is 0.240. The Bertz CT molecular complexity index is 706. The number of aliphatic hydroxyl groups excluding tert-OH is 1. The van der Waals surface area contributed by atoms with Crippen LogP contribution in [0.5, 0.6) is 0 Å². The van der Waals surface area contributed by atoms with Gasteiger partial charge in [-0.2, -0.15) is 8.78 Å². The van der Waals surface area contributed by atoms with Gasteiger partial charge < -0.3 is 10.4 Å². The maximum atomic E-state index is 12.9. The molecule has 1 saturated carbocycles. The molecule has 3 rings (SSSR count). The number of para-hydroxylation sites is 1. The van der Waals surface area contributed by atoms with Crippen molar-refractivity contribution in [1.29, 1.82) is 0 Å². The molecule has 0 spiro atoms. The molecule has 2 fully saturated rings. The highest BCUT2D eigenvalue weighted by molar-refractivity contribution is 7.91. The van der Waals surface area contributed by atoms with Crippen molar-refractivity contribution >= 4 is 15.5 Å². The van der Waals surface area contributed by atoms with Crippen molar-refractivity contribution in [2.24, 2.45) is 0 Å². The van der Waals surface area contributed by atoms with Crippen LogP contribution in [-0.4, -0.2) is 55.5 Å². The molecule has 2 aliphatic rings. The highest BCUT2D eigenvalue weighted by atomic mass is 32.2. The van der Waals surface area contributed by atoms with Gasteiger partial charge in [-0.1, -0.05) is 25.0 Å². The molecule has 5 nitrogen and oxygen atoms in total. The summed E-state index contributed by atoms with van der Waals surface area (Å²) in [7, 11) is -4.63. The minimum Gasteiger partial charge on any atom is -0.391 e. The molecule has 1 aliphatic carbocycles. The molecular formula is C18H26F2N2O3S. The van der Waals surface area contributed by atoms with Gasteiger partial charge in [-0.25, -0.2) is 8.42 Å². The fraction of sp³-hybridized carbons (Fsp3) is 0.667. The van der Waals surface area contributed by atoms with Gasteiger partial charge in [-0.05, 0) is 37.8 Å². The number of likely N-dealkylation sites (tertiary alicyclic amines) is 1. The second-order valence-corrected chi connectivity index (χ2v) is 9.06. The SMILES string of the molecule is O=S(=O)(c1ccccc1NC1CCN(C2CCCCC2O)CC1)C(F)F. The summed E-state index contributed by atoms with van der Waals surface area (Å²) in [6.45, 7) is 1.62. The Labute approximate surface area is 153 Å². The summed E-state index contributed by atoms with van der Waals surface area (Å²) in [6, 6.07) is 6.08. The van der Waals surface area contributed by atoms with Crippen LogP contribution in [0, 0.1) is 0 Å². The first-order valence-electron chi connectivity index (χ1n) is 9.19. The van der Waals surface area contributed by atoms with Crippen LogP contribution in [0.25, 0.3) is 0 Å². The maximum Gasteiger partial charge on any atom is 0.341 e. The summed E-state index contributed by atoms with van der Waals surface area (Å²) in [5.74, 6) is -3.43. The Morgan fingerprint density at radius 3 is 2.38 bits per heavy atom. The Morgan fingerprint density at radius 1 is 1.08 bits per heavy atom. The molecule has 1 aromatic rings. The number of sulfone groups is 1.